The molecular formula is C18H20F10NaO6. The van der Waals surface area contributed by atoms with Crippen LogP contribution in [0.3, 0.4) is 0 Å². The Kier molecular flexibility index (Phi) is 13.6. The first-order chi connectivity index (χ1) is 15.2. The number of hydrogen-bond acceptors (Lipinski definition) is 5. The standard InChI is InChI=1S/C18H21F10O6.Na/c1-3-8(7-10(12(31)32)9(4-2)11(29)30)13(33)34-6-5-15(21,22)17(25,26)18(27,28)16(23,24)14(19)20;/h5,8-10,14H,3-4,6-7H2,1-2H3,(H,29,30)(H,31,32);/q;+1/p-1. The van der Waals surface area contributed by atoms with Crippen molar-refractivity contribution in [1.29, 1.82) is 0 Å². The smallest absolute Gasteiger partial charge is 0.550 e. The number of hydrogen-bond donors (Lipinski definition) is 1. The average Bonchev–Trinajstić information content (AvgIpc) is 2.69. The Morgan fingerprint density at radius 1 is 0.914 bits per heavy atom. The van der Waals surface area contributed by atoms with E-state index in [2.05, 4.69) is 4.74 Å². The summed E-state index contributed by atoms with van der Waals surface area (Å²) in [6.45, 7) is 0.665. The molecule has 0 rings (SSSR count). The number of rotatable bonds is 15. The molecule has 0 spiro atoms. The molecule has 0 aliphatic carbocycles. The van der Waals surface area contributed by atoms with Crippen molar-refractivity contribution in [3.8, 4) is 0 Å². The number of ether oxygens (including phenoxy) is 1. The molecule has 0 aromatic carbocycles. The number of carbonyl (C=O) groups excluding carboxylic acids is 2. The van der Waals surface area contributed by atoms with Gasteiger partial charge in [-0.2, -0.15) is 35.1 Å². The molecule has 35 heavy (non-hydrogen) atoms. The van der Waals surface area contributed by atoms with E-state index in [0.29, 0.717) is 0 Å². The molecule has 0 fully saturated rings. The topological polar surface area (TPSA) is 104 Å². The zero-order chi connectivity index (χ0) is 27.3. The third kappa shape index (κ3) is 7.84. The van der Waals surface area contributed by atoms with Crippen molar-refractivity contribution in [2.75, 3.05) is 6.61 Å². The number of alkyl halides is 10. The monoisotopic (exact) mass is 545 g/mol. The number of carbonyl (C=O) groups is 3. The van der Waals surface area contributed by atoms with Crippen molar-refractivity contribution in [1.82, 2.24) is 0 Å². The first-order valence-electron chi connectivity index (χ1n) is 9.46. The van der Waals surface area contributed by atoms with Gasteiger partial charge in [-0.3, -0.25) is 9.59 Å². The Hall–Kier alpha value is -1.29. The molecule has 0 aromatic rings. The van der Waals surface area contributed by atoms with Crippen molar-refractivity contribution in [2.45, 2.75) is 63.2 Å². The molecule has 0 saturated carbocycles. The molecule has 1 N–H and O–H groups in total. The van der Waals surface area contributed by atoms with Crippen LogP contribution in [-0.4, -0.2) is 59.7 Å². The summed E-state index contributed by atoms with van der Waals surface area (Å²) in [5.74, 6) is -37.0. The van der Waals surface area contributed by atoms with Crippen molar-refractivity contribution >= 4 is 17.9 Å². The van der Waals surface area contributed by atoms with Crippen LogP contribution < -0.4 is 34.7 Å². The summed E-state index contributed by atoms with van der Waals surface area (Å²) in [6.07, 6.45) is -7.76. The second kappa shape index (κ2) is 13.3. The van der Waals surface area contributed by atoms with Gasteiger partial charge in [-0.25, -0.2) is 8.78 Å². The SMILES string of the molecule is CCC(CC(C(=O)[O-])C(CC)C(=O)O)C(=O)OC[CH]C(F)(F)C(F)(F)C(F)(F)C(F)(F)C(F)F.[Na+]. The minimum atomic E-state index is -7.21. The third-order valence-electron chi connectivity index (χ3n) is 4.98. The van der Waals surface area contributed by atoms with E-state index in [9.17, 15) is 63.4 Å². The van der Waals surface area contributed by atoms with Gasteiger partial charge in [-0.15, -0.1) is 0 Å². The van der Waals surface area contributed by atoms with Gasteiger partial charge in [0.1, 0.15) is 6.61 Å². The van der Waals surface area contributed by atoms with Crippen molar-refractivity contribution in [2.24, 2.45) is 17.8 Å². The van der Waals surface area contributed by atoms with Crippen molar-refractivity contribution in [3.63, 3.8) is 0 Å². The van der Waals surface area contributed by atoms with Crippen LogP contribution in [-0.2, 0) is 19.1 Å². The van der Waals surface area contributed by atoms with Gasteiger partial charge in [0.2, 0.25) is 0 Å². The average molecular weight is 545 g/mol. The molecule has 1 radical (unpaired) electrons. The van der Waals surface area contributed by atoms with Crippen LogP contribution in [0, 0.1) is 24.2 Å². The molecule has 0 bridgehead atoms. The quantitative estimate of drug-likeness (QED) is 0.182. The predicted molar refractivity (Wildman–Crippen MR) is 89.4 cm³/mol. The van der Waals surface area contributed by atoms with Gasteiger partial charge in [-0.1, -0.05) is 13.8 Å². The first kappa shape index (κ1) is 35.9. The van der Waals surface area contributed by atoms with Crippen LogP contribution >= 0.6 is 0 Å². The molecule has 3 atom stereocenters. The van der Waals surface area contributed by atoms with Gasteiger partial charge in [0.15, 0.2) is 0 Å². The van der Waals surface area contributed by atoms with E-state index in [0.717, 1.165) is 0 Å². The Labute approximate surface area is 214 Å². The van der Waals surface area contributed by atoms with Crippen LogP contribution in [0.5, 0.6) is 0 Å². The van der Waals surface area contributed by atoms with E-state index in [1.54, 1.807) is 0 Å². The van der Waals surface area contributed by atoms with Gasteiger partial charge in [-0.05, 0) is 19.3 Å². The Bertz CT molecular complexity index is 735. The zero-order valence-corrected chi connectivity index (χ0v) is 20.5. The minimum Gasteiger partial charge on any atom is -0.550 e. The van der Waals surface area contributed by atoms with Gasteiger partial charge >= 0.3 is 71.6 Å². The number of esters is 1. The summed E-state index contributed by atoms with van der Waals surface area (Å²) < 4.78 is 134. The molecule has 0 amide bonds. The summed E-state index contributed by atoms with van der Waals surface area (Å²) in [4.78, 5) is 34.4. The molecule has 0 aliphatic rings. The molecule has 6 nitrogen and oxygen atoms in total. The fraction of sp³-hybridized carbons (Fsp3) is 0.778. The fourth-order valence-corrected chi connectivity index (χ4v) is 2.82. The first-order valence-corrected chi connectivity index (χ1v) is 9.46. The van der Waals surface area contributed by atoms with Gasteiger partial charge in [0.25, 0.3) is 0 Å². The maximum atomic E-state index is 13.6. The second-order valence-corrected chi connectivity index (χ2v) is 7.15. The third-order valence-corrected chi connectivity index (χ3v) is 4.98. The maximum absolute atomic E-state index is 13.6. The minimum absolute atomic E-state index is 0. The Morgan fingerprint density at radius 3 is 1.74 bits per heavy atom. The maximum Gasteiger partial charge on any atom is 1.00 e. The number of carboxylic acid groups (broad SMARTS) is 2. The summed E-state index contributed by atoms with van der Waals surface area (Å²) in [7, 11) is 0. The second-order valence-electron chi connectivity index (χ2n) is 7.15. The van der Waals surface area contributed by atoms with E-state index in [-0.39, 0.29) is 42.4 Å². The molecule has 199 valence electrons. The summed E-state index contributed by atoms with van der Waals surface area (Å²) in [5.41, 5.74) is 0. The number of aliphatic carboxylic acids is 2. The largest absolute Gasteiger partial charge is 1.00 e. The van der Waals surface area contributed by atoms with Crippen LogP contribution in [0.15, 0.2) is 0 Å². The molecule has 17 heteroatoms. The Morgan fingerprint density at radius 2 is 1.40 bits per heavy atom. The Balaban J connectivity index is 0. The van der Waals surface area contributed by atoms with Crippen molar-refractivity contribution < 1.29 is 103 Å². The molecule has 0 aromatic heterocycles. The van der Waals surface area contributed by atoms with E-state index in [1.165, 1.54) is 13.8 Å². The van der Waals surface area contributed by atoms with Crippen LogP contribution in [0.4, 0.5) is 43.9 Å². The molecular weight excluding hydrogens is 525 g/mol. The molecule has 0 saturated heterocycles. The fourth-order valence-electron chi connectivity index (χ4n) is 2.82. The van der Waals surface area contributed by atoms with Crippen molar-refractivity contribution in [3.05, 3.63) is 6.42 Å². The number of halogens is 10. The van der Waals surface area contributed by atoms with Gasteiger partial charge in [0, 0.05) is 11.9 Å². The van der Waals surface area contributed by atoms with Crippen LogP contribution in [0.2, 0.25) is 0 Å². The molecule has 0 aliphatic heterocycles. The predicted octanol–water partition coefficient (Wildman–Crippen LogP) is 0.437. The molecule has 0 heterocycles. The summed E-state index contributed by atoms with van der Waals surface area (Å²) >= 11 is 0. The number of carboxylic acids is 2. The summed E-state index contributed by atoms with van der Waals surface area (Å²) in [5, 5.41) is 20.3. The normalized spacial score (nSPS) is 15.7. The van der Waals surface area contributed by atoms with E-state index >= 15 is 0 Å². The summed E-state index contributed by atoms with van der Waals surface area (Å²) in [6, 6.07) is 0. The zero-order valence-electron chi connectivity index (χ0n) is 18.5. The van der Waals surface area contributed by atoms with Crippen LogP contribution in [0.1, 0.15) is 33.1 Å². The molecule has 3 unspecified atom stereocenters. The van der Waals surface area contributed by atoms with Gasteiger partial charge in [0.05, 0.1) is 18.3 Å². The van der Waals surface area contributed by atoms with E-state index < -0.39 is 85.2 Å². The van der Waals surface area contributed by atoms with E-state index in [1.807, 2.05) is 0 Å². The van der Waals surface area contributed by atoms with E-state index in [4.69, 9.17) is 5.11 Å². The van der Waals surface area contributed by atoms with Crippen LogP contribution in [0.25, 0.3) is 0 Å². The van der Waals surface area contributed by atoms with Gasteiger partial charge < -0.3 is 19.7 Å².